The van der Waals surface area contributed by atoms with Gasteiger partial charge in [0.05, 0.1) is 0 Å². The van der Waals surface area contributed by atoms with E-state index in [0.717, 1.165) is 11.4 Å². The van der Waals surface area contributed by atoms with Gasteiger partial charge in [-0.1, -0.05) is 0 Å². The molecule has 0 aliphatic heterocycles. The Morgan fingerprint density at radius 3 is 1.22 bits per heavy atom. The predicted molar refractivity (Wildman–Crippen MR) is 45.6 cm³/mol. The van der Waals surface area contributed by atoms with Crippen molar-refractivity contribution in [2.24, 2.45) is 0 Å². The van der Waals surface area contributed by atoms with Gasteiger partial charge in [0.2, 0.25) is 0 Å². The lowest BCUT2D eigenvalue weighted by atomic mass is 10.3. The second-order valence-corrected chi connectivity index (χ2v) is 1.67. The molecule has 1 aromatic carbocycles. The highest BCUT2D eigenvalue weighted by Crippen LogP contribution is 2.04. The van der Waals surface area contributed by atoms with Gasteiger partial charge in [0.25, 0.3) is 0 Å². The van der Waals surface area contributed by atoms with E-state index < -0.39 is 0 Å². The van der Waals surface area contributed by atoms with Crippen molar-refractivity contribution in [3.8, 4) is 0 Å². The van der Waals surface area contributed by atoms with Crippen molar-refractivity contribution >= 4 is 24.9 Å². The fourth-order valence-corrected chi connectivity index (χ4v) is 0.496. The average molecular weight is 142 g/mol. The molecule has 9 heavy (non-hydrogen) atoms. The Morgan fingerprint density at radius 1 is 0.778 bits per heavy atom. The molecule has 0 atom stereocenters. The summed E-state index contributed by atoms with van der Waals surface area (Å²) in [6.45, 7) is 0. The Balaban J connectivity index is 0.000000640. The normalized spacial score (nSPS) is 8.00. The molecule has 4 N–H and O–H groups in total. The number of nitrogens with two attached hydrogens (primary N) is 2. The second kappa shape index (κ2) is 3.25. The summed E-state index contributed by atoms with van der Waals surface area (Å²) < 4.78 is 0. The van der Waals surface area contributed by atoms with Crippen LogP contribution in [0.2, 0.25) is 0 Å². The van der Waals surface area contributed by atoms with Gasteiger partial charge in [-0.25, -0.2) is 0 Å². The summed E-state index contributed by atoms with van der Waals surface area (Å²) in [4.78, 5) is 0. The SMILES string of the molecule is Nc1ccc(N)cc1.S. The van der Waals surface area contributed by atoms with Gasteiger partial charge in [0.1, 0.15) is 0 Å². The first kappa shape index (κ1) is 8.17. The van der Waals surface area contributed by atoms with Gasteiger partial charge in [0.15, 0.2) is 0 Å². The van der Waals surface area contributed by atoms with Crippen molar-refractivity contribution in [1.29, 1.82) is 0 Å². The van der Waals surface area contributed by atoms with E-state index in [0.29, 0.717) is 0 Å². The van der Waals surface area contributed by atoms with E-state index in [2.05, 4.69) is 0 Å². The molecule has 0 amide bonds. The van der Waals surface area contributed by atoms with E-state index in [1.165, 1.54) is 0 Å². The summed E-state index contributed by atoms with van der Waals surface area (Å²) in [6, 6.07) is 7.09. The predicted octanol–water partition coefficient (Wildman–Crippen LogP) is 0.964. The van der Waals surface area contributed by atoms with E-state index in [-0.39, 0.29) is 13.5 Å². The molecular formula is C6H10N2S. The van der Waals surface area contributed by atoms with E-state index in [9.17, 15) is 0 Å². The smallest absolute Gasteiger partial charge is 0.0315 e. The molecule has 0 aliphatic carbocycles. The third-order valence-corrected chi connectivity index (χ3v) is 0.936. The third kappa shape index (κ3) is 2.28. The Morgan fingerprint density at radius 2 is 1.00 bits per heavy atom. The van der Waals surface area contributed by atoms with Crippen LogP contribution < -0.4 is 11.5 Å². The minimum absolute atomic E-state index is 0. The average Bonchev–Trinajstić information content (AvgIpc) is 1.77. The van der Waals surface area contributed by atoms with Gasteiger partial charge >= 0.3 is 0 Å². The van der Waals surface area contributed by atoms with Crippen LogP contribution >= 0.6 is 13.5 Å². The lowest BCUT2D eigenvalue weighted by Gasteiger charge is -1.90. The summed E-state index contributed by atoms with van der Waals surface area (Å²) in [7, 11) is 0. The van der Waals surface area contributed by atoms with E-state index in [1.54, 1.807) is 24.3 Å². The van der Waals surface area contributed by atoms with Crippen LogP contribution in [0.3, 0.4) is 0 Å². The van der Waals surface area contributed by atoms with Crippen molar-refractivity contribution in [2.75, 3.05) is 11.5 Å². The van der Waals surface area contributed by atoms with Crippen LogP contribution in [0, 0.1) is 0 Å². The molecule has 0 unspecified atom stereocenters. The quantitative estimate of drug-likeness (QED) is 0.530. The number of rotatable bonds is 0. The van der Waals surface area contributed by atoms with Crippen LogP contribution in [0.1, 0.15) is 0 Å². The molecule has 0 radical (unpaired) electrons. The Kier molecular flexibility index (Phi) is 2.95. The van der Waals surface area contributed by atoms with Gasteiger partial charge in [-0.3, -0.25) is 0 Å². The van der Waals surface area contributed by atoms with Crippen LogP contribution in [0.4, 0.5) is 11.4 Å². The number of benzene rings is 1. The Hall–Kier alpha value is -0.830. The highest BCUT2D eigenvalue weighted by Gasteiger charge is 1.80. The van der Waals surface area contributed by atoms with Gasteiger partial charge < -0.3 is 11.5 Å². The molecule has 0 saturated carbocycles. The first-order chi connectivity index (χ1) is 3.79. The Labute approximate surface area is 61.3 Å². The molecule has 0 aliphatic rings. The minimum atomic E-state index is 0. The molecule has 0 spiro atoms. The summed E-state index contributed by atoms with van der Waals surface area (Å²) in [6.07, 6.45) is 0. The third-order valence-electron chi connectivity index (χ3n) is 0.936. The summed E-state index contributed by atoms with van der Waals surface area (Å²) >= 11 is 0. The van der Waals surface area contributed by atoms with Crippen LogP contribution in [0.15, 0.2) is 24.3 Å². The first-order valence-electron chi connectivity index (χ1n) is 2.40. The molecule has 3 heteroatoms. The van der Waals surface area contributed by atoms with Crippen molar-refractivity contribution in [3.05, 3.63) is 24.3 Å². The molecular weight excluding hydrogens is 132 g/mol. The highest BCUT2D eigenvalue weighted by atomic mass is 32.1. The van der Waals surface area contributed by atoms with Crippen molar-refractivity contribution in [2.45, 2.75) is 0 Å². The fraction of sp³-hybridized carbons (Fsp3) is 0. The molecule has 2 nitrogen and oxygen atoms in total. The number of hydrogen-bond donors (Lipinski definition) is 2. The highest BCUT2D eigenvalue weighted by molar-refractivity contribution is 7.59. The molecule has 0 heterocycles. The van der Waals surface area contributed by atoms with Gasteiger partial charge in [0, 0.05) is 11.4 Å². The molecule has 0 bridgehead atoms. The maximum atomic E-state index is 5.37. The number of nitrogen functional groups attached to an aromatic ring is 2. The summed E-state index contributed by atoms with van der Waals surface area (Å²) in [5.41, 5.74) is 12.2. The first-order valence-corrected chi connectivity index (χ1v) is 2.40. The summed E-state index contributed by atoms with van der Waals surface area (Å²) in [5.74, 6) is 0. The zero-order chi connectivity index (χ0) is 5.98. The van der Waals surface area contributed by atoms with E-state index in [1.807, 2.05) is 0 Å². The fourth-order valence-electron chi connectivity index (χ4n) is 0.496. The van der Waals surface area contributed by atoms with Crippen molar-refractivity contribution in [1.82, 2.24) is 0 Å². The molecule has 0 saturated heterocycles. The van der Waals surface area contributed by atoms with Gasteiger partial charge in [-0.05, 0) is 24.3 Å². The van der Waals surface area contributed by atoms with Gasteiger partial charge in [-0.2, -0.15) is 13.5 Å². The second-order valence-electron chi connectivity index (χ2n) is 1.67. The largest absolute Gasteiger partial charge is 0.399 e. The van der Waals surface area contributed by atoms with Crippen molar-refractivity contribution < 1.29 is 0 Å². The summed E-state index contributed by atoms with van der Waals surface area (Å²) in [5, 5.41) is 0. The topological polar surface area (TPSA) is 52.0 Å². The standard InChI is InChI=1S/C6H8N2.H2S/c7-5-1-2-6(8)4-3-5;/h1-4H,7-8H2;1H2. The lowest BCUT2D eigenvalue weighted by molar-refractivity contribution is 1.67. The monoisotopic (exact) mass is 142 g/mol. The number of anilines is 2. The van der Waals surface area contributed by atoms with Crippen LogP contribution in [0.5, 0.6) is 0 Å². The van der Waals surface area contributed by atoms with Gasteiger partial charge in [-0.15, -0.1) is 0 Å². The molecule has 0 aromatic heterocycles. The zero-order valence-corrected chi connectivity index (χ0v) is 5.96. The van der Waals surface area contributed by atoms with E-state index >= 15 is 0 Å². The van der Waals surface area contributed by atoms with E-state index in [4.69, 9.17) is 11.5 Å². The minimum Gasteiger partial charge on any atom is -0.399 e. The molecule has 1 aromatic rings. The zero-order valence-electron chi connectivity index (χ0n) is 4.96. The molecule has 0 fully saturated rings. The maximum Gasteiger partial charge on any atom is 0.0315 e. The maximum absolute atomic E-state index is 5.37. The molecule has 1 rings (SSSR count). The molecule has 50 valence electrons. The van der Waals surface area contributed by atoms with Crippen LogP contribution in [-0.4, -0.2) is 0 Å². The number of hydrogen-bond acceptors (Lipinski definition) is 2. The Bertz CT molecular complexity index is 150. The van der Waals surface area contributed by atoms with Crippen molar-refractivity contribution in [3.63, 3.8) is 0 Å². The van der Waals surface area contributed by atoms with Crippen LogP contribution in [0.25, 0.3) is 0 Å². The lowest BCUT2D eigenvalue weighted by Crippen LogP contribution is -1.86. The van der Waals surface area contributed by atoms with Crippen LogP contribution in [-0.2, 0) is 0 Å².